The van der Waals surface area contributed by atoms with E-state index >= 15 is 0 Å². The summed E-state index contributed by atoms with van der Waals surface area (Å²) >= 11 is 2.82. The number of rotatable bonds is 5. The highest BCUT2D eigenvalue weighted by atomic mass is 32.2. The Morgan fingerprint density at radius 1 is 1.03 bits per heavy atom. The molecule has 4 aromatic rings. The molecule has 3 heterocycles. The number of para-hydroxylation sites is 1. The second-order valence-electron chi connectivity index (χ2n) is 8.30. The van der Waals surface area contributed by atoms with E-state index in [-0.39, 0.29) is 17.2 Å². The highest BCUT2D eigenvalue weighted by molar-refractivity contribution is 7.99. The molecule has 0 N–H and O–H groups in total. The summed E-state index contributed by atoms with van der Waals surface area (Å²) in [7, 11) is 0. The minimum absolute atomic E-state index is 0.101. The van der Waals surface area contributed by atoms with Gasteiger partial charge in [-0.15, -0.1) is 11.3 Å². The van der Waals surface area contributed by atoms with E-state index in [9.17, 15) is 9.59 Å². The van der Waals surface area contributed by atoms with Crippen molar-refractivity contribution in [1.29, 1.82) is 0 Å². The van der Waals surface area contributed by atoms with Crippen molar-refractivity contribution < 1.29 is 4.79 Å². The van der Waals surface area contributed by atoms with Gasteiger partial charge in [-0.3, -0.25) is 14.2 Å². The lowest BCUT2D eigenvalue weighted by molar-refractivity contribution is -0.129. The fourth-order valence-corrected chi connectivity index (χ4v) is 6.08. The predicted molar refractivity (Wildman–Crippen MR) is 137 cm³/mol. The molecule has 1 saturated heterocycles. The number of thiophene rings is 1. The van der Waals surface area contributed by atoms with Gasteiger partial charge in [0.1, 0.15) is 4.83 Å². The Kier molecular flexibility index (Phi) is 6.33. The van der Waals surface area contributed by atoms with E-state index < -0.39 is 0 Å². The number of nitrogens with zero attached hydrogens (tertiary/aromatic N) is 3. The number of carbonyl (C=O) groups excluding carboxylic acids is 1. The number of benzene rings is 2. The van der Waals surface area contributed by atoms with Crippen molar-refractivity contribution in [2.45, 2.75) is 31.3 Å². The molecule has 168 valence electrons. The van der Waals surface area contributed by atoms with E-state index in [1.807, 2.05) is 59.7 Å². The summed E-state index contributed by atoms with van der Waals surface area (Å²) in [6, 6.07) is 17.8. The van der Waals surface area contributed by atoms with Gasteiger partial charge in [-0.1, -0.05) is 59.8 Å². The first-order valence-corrected chi connectivity index (χ1v) is 13.1. The third kappa shape index (κ3) is 4.48. The van der Waals surface area contributed by atoms with Gasteiger partial charge in [0.2, 0.25) is 5.91 Å². The molecule has 5 rings (SSSR count). The Morgan fingerprint density at radius 2 is 1.76 bits per heavy atom. The molecule has 5 nitrogen and oxygen atoms in total. The first kappa shape index (κ1) is 21.9. The fourth-order valence-electron chi connectivity index (χ4n) is 4.18. The normalized spacial score (nSPS) is 14.0. The van der Waals surface area contributed by atoms with E-state index in [2.05, 4.69) is 12.1 Å². The average molecular weight is 476 g/mol. The van der Waals surface area contributed by atoms with E-state index in [4.69, 9.17) is 4.98 Å². The molecule has 0 saturated carbocycles. The average Bonchev–Trinajstić information content (AvgIpc) is 3.28. The number of amides is 1. The lowest BCUT2D eigenvalue weighted by atomic mass is 10.1. The molecule has 0 bridgehead atoms. The number of likely N-dealkylation sites (tertiary alicyclic amines) is 1. The number of aromatic nitrogens is 2. The summed E-state index contributed by atoms with van der Waals surface area (Å²) in [6.45, 7) is 3.69. The second kappa shape index (κ2) is 9.53. The molecule has 0 radical (unpaired) electrons. The largest absolute Gasteiger partial charge is 0.342 e. The van der Waals surface area contributed by atoms with Crippen LogP contribution < -0.4 is 5.56 Å². The molecule has 2 aromatic carbocycles. The number of piperidine rings is 1. The summed E-state index contributed by atoms with van der Waals surface area (Å²) < 4.78 is 1.65. The van der Waals surface area contributed by atoms with Crippen molar-refractivity contribution in [2.24, 2.45) is 0 Å². The van der Waals surface area contributed by atoms with Crippen LogP contribution in [0.2, 0.25) is 0 Å². The fraction of sp³-hybridized carbons (Fsp3) is 0.269. The second-order valence-corrected chi connectivity index (χ2v) is 10.1. The maximum absolute atomic E-state index is 13.8. The third-order valence-electron chi connectivity index (χ3n) is 5.99. The van der Waals surface area contributed by atoms with Crippen molar-refractivity contribution in [3.63, 3.8) is 0 Å². The number of fused-ring (bicyclic) bond motifs is 1. The van der Waals surface area contributed by atoms with Crippen LogP contribution in [0.25, 0.3) is 27.0 Å². The molecule has 2 aromatic heterocycles. The molecule has 0 spiro atoms. The van der Waals surface area contributed by atoms with Gasteiger partial charge in [0, 0.05) is 24.0 Å². The standard InChI is InChI=1S/C26H25N3O2S2/c1-18-10-12-19(13-11-18)21-16-32-24-23(21)25(31)29(20-8-4-2-5-9-20)26(27-24)33-17-22(30)28-14-6-3-7-15-28/h2,4-5,8-13,16H,3,6-7,14-15,17H2,1H3. The monoisotopic (exact) mass is 475 g/mol. The smallest absolute Gasteiger partial charge is 0.268 e. The highest BCUT2D eigenvalue weighted by Crippen LogP contribution is 2.33. The quantitative estimate of drug-likeness (QED) is 0.281. The summed E-state index contributed by atoms with van der Waals surface area (Å²) in [5.74, 6) is 0.390. The maximum atomic E-state index is 13.8. The topological polar surface area (TPSA) is 55.2 Å². The summed E-state index contributed by atoms with van der Waals surface area (Å²) in [5.41, 5.74) is 3.74. The molecule has 1 aliphatic heterocycles. The molecule has 7 heteroatoms. The Labute approximate surface area is 201 Å². The summed E-state index contributed by atoms with van der Waals surface area (Å²) in [4.78, 5) is 34.1. The van der Waals surface area contributed by atoms with Crippen LogP contribution in [-0.4, -0.2) is 39.2 Å². The van der Waals surface area contributed by atoms with E-state index in [0.29, 0.717) is 15.4 Å². The lowest BCUT2D eigenvalue weighted by Gasteiger charge is -2.26. The molecular weight excluding hydrogens is 450 g/mol. The molecule has 1 aliphatic rings. The van der Waals surface area contributed by atoms with Crippen molar-refractivity contribution in [3.05, 3.63) is 75.9 Å². The number of carbonyl (C=O) groups is 1. The van der Waals surface area contributed by atoms with Crippen molar-refractivity contribution in [2.75, 3.05) is 18.8 Å². The number of aryl methyl sites for hydroxylation is 1. The molecule has 0 atom stereocenters. The first-order valence-electron chi connectivity index (χ1n) is 11.2. The van der Waals surface area contributed by atoms with Crippen molar-refractivity contribution in [1.82, 2.24) is 14.5 Å². The highest BCUT2D eigenvalue weighted by Gasteiger charge is 2.21. The Hall–Kier alpha value is -2.90. The Bertz CT molecular complexity index is 1340. The van der Waals surface area contributed by atoms with E-state index in [1.54, 1.807) is 4.57 Å². The van der Waals surface area contributed by atoms with Crippen molar-refractivity contribution >= 4 is 39.2 Å². The Balaban J connectivity index is 1.58. The van der Waals surface area contributed by atoms with Crippen LogP contribution in [0.15, 0.2) is 69.9 Å². The molecule has 0 aliphatic carbocycles. The van der Waals surface area contributed by atoms with Crippen LogP contribution in [0.1, 0.15) is 24.8 Å². The molecular formula is C26H25N3O2S2. The van der Waals surface area contributed by atoms with Gasteiger partial charge in [-0.05, 0) is 43.9 Å². The molecule has 1 fully saturated rings. The summed E-state index contributed by atoms with van der Waals surface area (Å²) in [5, 5.41) is 3.19. The first-order chi connectivity index (χ1) is 16.1. The zero-order chi connectivity index (χ0) is 22.8. The number of thioether (sulfide) groups is 1. The van der Waals surface area contributed by atoms with Crippen molar-refractivity contribution in [3.8, 4) is 16.8 Å². The van der Waals surface area contributed by atoms with Crippen LogP contribution in [0.4, 0.5) is 0 Å². The van der Waals surface area contributed by atoms with Crippen LogP contribution in [0.3, 0.4) is 0 Å². The zero-order valence-corrected chi connectivity index (χ0v) is 20.1. The third-order valence-corrected chi connectivity index (χ3v) is 7.78. The van der Waals surface area contributed by atoms with Crippen LogP contribution in [0, 0.1) is 6.92 Å². The molecule has 1 amide bonds. The zero-order valence-electron chi connectivity index (χ0n) is 18.5. The van der Waals surface area contributed by atoms with Gasteiger partial charge in [0.15, 0.2) is 5.16 Å². The number of hydrogen-bond acceptors (Lipinski definition) is 5. The van der Waals surface area contributed by atoms with Gasteiger partial charge >= 0.3 is 0 Å². The lowest BCUT2D eigenvalue weighted by Crippen LogP contribution is -2.36. The van der Waals surface area contributed by atoms with Gasteiger partial charge < -0.3 is 4.90 Å². The molecule has 33 heavy (non-hydrogen) atoms. The number of hydrogen-bond donors (Lipinski definition) is 0. The molecule has 0 unspecified atom stereocenters. The van der Waals surface area contributed by atoms with Crippen LogP contribution >= 0.6 is 23.1 Å². The van der Waals surface area contributed by atoms with Gasteiger partial charge in [-0.25, -0.2) is 4.98 Å². The Morgan fingerprint density at radius 3 is 2.48 bits per heavy atom. The predicted octanol–water partition coefficient (Wildman–Crippen LogP) is 5.53. The van der Waals surface area contributed by atoms with Crippen LogP contribution in [-0.2, 0) is 4.79 Å². The van der Waals surface area contributed by atoms with Gasteiger partial charge in [0.25, 0.3) is 5.56 Å². The van der Waals surface area contributed by atoms with Gasteiger partial charge in [-0.2, -0.15) is 0 Å². The minimum atomic E-state index is -0.101. The van der Waals surface area contributed by atoms with Crippen LogP contribution in [0.5, 0.6) is 0 Å². The SMILES string of the molecule is Cc1ccc(-c2csc3nc(SCC(=O)N4CCCCC4)n(-c4ccccc4)c(=O)c23)cc1. The summed E-state index contributed by atoms with van der Waals surface area (Å²) in [6.07, 6.45) is 3.31. The minimum Gasteiger partial charge on any atom is -0.342 e. The van der Waals surface area contributed by atoms with E-state index in [1.165, 1.54) is 35.1 Å². The maximum Gasteiger partial charge on any atom is 0.268 e. The van der Waals surface area contributed by atoms with Gasteiger partial charge in [0.05, 0.1) is 16.8 Å². The van der Waals surface area contributed by atoms with E-state index in [0.717, 1.165) is 42.7 Å².